The fourth-order valence-corrected chi connectivity index (χ4v) is 2.24. The highest BCUT2D eigenvalue weighted by Crippen LogP contribution is 2.34. The van der Waals surface area contributed by atoms with Crippen LogP contribution in [0.4, 0.5) is 22.7 Å². The van der Waals surface area contributed by atoms with E-state index in [1.165, 1.54) is 0 Å². The molecule has 2 rings (SSSR count). The third-order valence-corrected chi connectivity index (χ3v) is 3.16. The molecular formula is C16H22N4. The maximum Gasteiger partial charge on any atom is 0.0852 e. The number of rotatable bonds is 5. The van der Waals surface area contributed by atoms with E-state index in [0.717, 1.165) is 22.7 Å². The molecule has 0 fully saturated rings. The number of nitrogens with one attached hydrogen (secondary N) is 2. The molecule has 0 unspecified atom stereocenters. The first-order chi connectivity index (χ1) is 9.63. The van der Waals surface area contributed by atoms with Gasteiger partial charge in [-0.1, -0.05) is 24.3 Å². The second-order valence-corrected chi connectivity index (χ2v) is 4.85. The number of benzene rings is 2. The molecule has 0 aliphatic carbocycles. The van der Waals surface area contributed by atoms with E-state index >= 15 is 0 Å². The standard InChI is InChI=1S/C16H22N4/c1-17-14-11-8-12-15(16(14)19(2)3)20(4)18-13-9-6-5-7-10-13/h5-12,17-18H,1-4H3. The zero-order valence-corrected chi connectivity index (χ0v) is 12.5. The topological polar surface area (TPSA) is 30.5 Å². The van der Waals surface area contributed by atoms with Gasteiger partial charge in [0.15, 0.2) is 0 Å². The summed E-state index contributed by atoms with van der Waals surface area (Å²) in [4.78, 5) is 2.12. The summed E-state index contributed by atoms with van der Waals surface area (Å²) < 4.78 is 0. The summed E-state index contributed by atoms with van der Waals surface area (Å²) in [6.45, 7) is 0. The Hall–Kier alpha value is -2.36. The number of para-hydroxylation sites is 2. The van der Waals surface area contributed by atoms with Crippen molar-refractivity contribution < 1.29 is 0 Å². The van der Waals surface area contributed by atoms with Crippen molar-refractivity contribution in [2.24, 2.45) is 0 Å². The maximum atomic E-state index is 3.38. The highest BCUT2D eigenvalue weighted by atomic mass is 15.5. The molecule has 2 aromatic carbocycles. The molecule has 0 spiro atoms. The molecule has 0 radical (unpaired) electrons. The van der Waals surface area contributed by atoms with Crippen molar-refractivity contribution in [2.75, 3.05) is 48.8 Å². The molecule has 106 valence electrons. The van der Waals surface area contributed by atoms with Gasteiger partial charge in [0.1, 0.15) is 0 Å². The summed E-state index contributed by atoms with van der Waals surface area (Å²) in [5.41, 5.74) is 7.82. The van der Waals surface area contributed by atoms with Gasteiger partial charge < -0.3 is 10.2 Å². The van der Waals surface area contributed by atoms with Crippen LogP contribution >= 0.6 is 0 Å². The average molecular weight is 270 g/mol. The second-order valence-electron chi connectivity index (χ2n) is 4.85. The lowest BCUT2D eigenvalue weighted by Gasteiger charge is -2.28. The Balaban J connectivity index is 2.32. The highest BCUT2D eigenvalue weighted by molar-refractivity contribution is 5.84. The molecule has 0 bridgehead atoms. The molecule has 20 heavy (non-hydrogen) atoms. The van der Waals surface area contributed by atoms with Gasteiger partial charge in [0.2, 0.25) is 0 Å². The Labute approximate surface area is 121 Å². The quantitative estimate of drug-likeness (QED) is 0.816. The van der Waals surface area contributed by atoms with E-state index in [2.05, 4.69) is 47.9 Å². The van der Waals surface area contributed by atoms with Crippen molar-refractivity contribution in [3.63, 3.8) is 0 Å². The van der Waals surface area contributed by atoms with Crippen molar-refractivity contribution >= 4 is 22.7 Å². The number of nitrogens with zero attached hydrogens (tertiary/aromatic N) is 2. The molecule has 0 heterocycles. The minimum Gasteiger partial charge on any atom is -0.386 e. The van der Waals surface area contributed by atoms with Crippen LogP contribution in [0.3, 0.4) is 0 Å². The Kier molecular flexibility index (Phi) is 4.35. The predicted octanol–water partition coefficient (Wildman–Crippen LogP) is 3.26. The molecule has 0 aromatic heterocycles. The Morgan fingerprint density at radius 3 is 2.15 bits per heavy atom. The molecule has 0 saturated heterocycles. The summed E-state index contributed by atoms with van der Waals surface area (Å²) >= 11 is 0. The number of anilines is 4. The van der Waals surface area contributed by atoms with E-state index in [-0.39, 0.29) is 0 Å². The largest absolute Gasteiger partial charge is 0.386 e. The third-order valence-electron chi connectivity index (χ3n) is 3.16. The van der Waals surface area contributed by atoms with Crippen LogP contribution in [0.2, 0.25) is 0 Å². The Morgan fingerprint density at radius 2 is 1.55 bits per heavy atom. The summed E-state index contributed by atoms with van der Waals surface area (Å²) in [5, 5.41) is 5.27. The lowest BCUT2D eigenvalue weighted by molar-refractivity contribution is 1.06. The number of hydrazine groups is 1. The molecule has 0 aliphatic heterocycles. The fraction of sp³-hybridized carbons (Fsp3) is 0.250. The fourth-order valence-electron chi connectivity index (χ4n) is 2.24. The SMILES string of the molecule is CNc1cccc(N(C)Nc2ccccc2)c1N(C)C. The zero-order chi connectivity index (χ0) is 14.5. The van der Waals surface area contributed by atoms with Crippen LogP contribution in [0.25, 0.3) is 0 Å². The third kappa shape index (κ3) is 2.96. The summed E-state index contributed by atoms with van der Waals surface area (Å²) in [7, 11) is 8.07. The van der Waals surface area contributed by atoms with Crippen molar-refractivity contribution in [1.29, 1.82) is 0 Å². The van der Waals surface area contributed by atoms with Crippen LogP contribution in [0.5, 0.6) is 0 Å². The van der Waals surface area contributed by atoms with Crippen LogP contribution in [0, 0.1) is 0 Å². The van der Waals surface area contributed by atoms with Crippen molar-refractivity contribution in [2.45, 2.75) is 0 Å². The predicted molar refractivity (Wildman–Crippen MR) is 88.8 cm³/mol. The maximum absolute atomic E-state index is 3.38. The minimum atomic E-state index is 1.06. The van der Waals surface area contributed by atoms with Gasteiger partial charge in [-0.3, -0.25) is 10.4 Å². The van der Waals surface area contributed by atoms with E-state index < -0.39 is 0 Å². The number of hydrogen-bond donors (Lipinski definition) is 2. The molecule has 0 amide bonds. The van der Waals surface area contributed by atoms with Gasteiger partial charge in [-0.2, -0.15) is 0 Å². The molecule has 2 N–H and O–H groups in total. The van der Waals surface area contributed by atoms with E-state index in [4.69, 9.17) is 0 Å². The normalized spacial score (nSPS) is 10.0. The summed E-state index contributed by atoms with van der Waals surface area (Å²) in [6.07, 6.45) is 0. The van der Waals surface area contributed by atoms with Gasteiger partial charge in [-0.15, -0.1) is 0 Å². The lowest BCUT2D eigenvalue weighted by atomic mass is 10.2. The molecule has 2 aromatic rings. The zero-order valence-electron chi connectivity index (χ0n) is 12.5. The van der Waals surface area contributed by atoms with Gasteiger partial charge in [-0.25, -0.2) is 0 Å². The molecular weight excluding hydrogens is 248 g/mol. The smallest absolute Gasteiger partial charge is 0.0852 e. The van der Waals surface area contributed by atoms with Crippen LogP contribution < -0.4 is 20.7 Å². The van der Waals surface area contributed by atoms with Crippen molar-refractivity contribution in [3.05, 3.63) is 48.5 Å². The average Bonchev–Trinajstić information content (AvgIpc) is 2.47. The van der Waals surface area contributed by atoms with E-state index in [1.807, 2.05) is 49.4 Å². The van der Waals surface area contributed by atoms with Crippen LogP contribution in [-0.2, 0) is 0 Å². The second kappa shape index (κ2) is 6.19. The number of hydrogen-bond acceptors (Lipinski definition) is 4. The van der Waals surface area contributed by atoms with Crippen molar-refractivity contribution in [3.8, 4) is 0 Å². The Morgan fingerprint density at radius 1 is 0.850 bits per heavy atom. The van der Waals surface area contributed by atoms with E-state index in [9.17, 15) is 0 Å². The first-order valence-corrected chi connectivity index (χ1v) is 6.67. The molecule has 4 heteroatoms. The minimum absolute atomic E-state index is 1.06. The van der Waals surface area contributed by atoms with Gasteiger partial charge in [0.25, 0.3) is 0 Å². The summed E-state index contributed by atoms with van der Waals surface area (Å²) in [5.74, 6) is 0. The van der Waals surface area contributed by atoms with E-state index in [0.29, 0.717) is 0 Å². The first kappa shape index (κ1) is 14.1. The molecule has 0 saturated carbocycles. The molecule has 4 nitrogen and oxygen atoms in total. The Bertz CT molecular complexity index is 552. The van der Waals surface area contributed by atoms with Gasteiger partial charge in [-0.05, 0) is 24.3 Å². The van der Waals surface area contributed by atoms with Crippen LogP contribution in [-0.4, -0.2) is 28.2 Å². The van der Waals surface area contributed by atoms with Gasteiger partial charge in [0, 0.05) is 28.2 Å². The van der Waals surface area contributed by atoms with E-state index in [1.54, 1.807) is 0 Å². The van der Waals surface area contributed by atoms with Gasteiger partial charge >= 0.3 is 0 Å². The highest BCUT2D eigenvalue weighted by Gasteiger charge is 2.13. The lowest BCUT2D eigenvalue weighted by Crippen LogP contribution is -2.27. The van der Waals surface area contributed by atoms with Crippen LogP contribution in [0.1, 0.15) is 0 Å². The monoisotopic (exact) mass is 270 g/mol. The van der Waals surface area contributed by atoms with Gasteiger partial charge in [0.05, 0.1) is 22.7 Å². The molecule has 0 aliphatic rings. The molecule has 0 atom stereocenters. The van der Waals surface area contributed by atoms with Crippen molar-refractivity contribution in [1.82, 2.24) is 0 Å². The first-order valence-electron chi connectivity index (χ1n) is 6.67. The summed E-state index contributed by atoms with van der Waals surface area (Å²) in [6, 6.07) is 16.4. The van der Waals surface area contributed by atoms with Crippen LogP contribution in [0.15, 0.2) is 48.5 Å².